The second kappa shape index (κ2) is 10.5. The van der Waals surface area contributed by atoms with E-state index in [4.69, 9.17) is 16.3 Å². The van der Waals surface area contributed by atoms with Gasteiger partial charge in [-0.1, -0.05) is 29.8 Å². The average Bonchev–Trinajstić information content (AvgIpc) is 3.48. The molecular formula is C27H28ClN3O3S. The molecule has 1 unspecified atom stereocenters. The Labute approximate surface area is 214 Å². The van der Waals surface area contributed by atoms with E-state index in [9.17, 15) is 9.59 Å². The number of aromatic amines is 1. The van der Waals surface area contributed by atoms with Crippen molar-refractivity contribution in [1.82, 2.24) is 10.2 Å². The zero-order valence-corrected chi connectivity index (χ0v) is 21.1. The molecule has 0 radical (unpaired) electrons. The van der Waals surface area contributed by atoms with E-state index in [-0.39, 0.29) is 11.9 Å². The van der Waals surface area contributed by atoms with Gasteiger partial charge >= 0.3 is 5.97 Å². The predicted molar refractivity (Wildman–Crippen MR) is 139 cm³/mol. The minimum absolute atomic E-state index is 0.0968. The number of nitrogens with zero attached hydrogens (tertiary/aromatic N) is 1. The van der Waals surface area contributed by atoms with Crippen molar-refractivity contribution in [3.05, 3.63) is 64.8 Å². The third-order valence-electron chi connectivity index (χ3n) is 7.17. The van der Waals surface area contributed by atoms with E-state index in [0.717, 1.165) is 48.4 Å². The number of carbonyl (C=O) groups excluding carboxylic acids is 2. The molecule has 2 aliphatic rings. The van der Waals surface area contributed by atoms with Crippen LogP contribution in [0.5, 0.6) is 0 Å². The molecule has 2 N–H and O–H groups in total. The quantitative estimate of drug-likeness (QED) is 0.368. The van der Waals surface area contributed by atoms with Crippen molar-refractivity contribution in [3.63, 3.8) is 0 Å². The standard InChI is InChI=1S/C27H28ClN3O3S/c1-34-23(32)13-16-5-7-17(8-6-16)22-15-35-26-24(30-31-25(22)26)18-9-11-21(12-10-18)29-27(33)19-3-2-4-20(28)14-19/h2-4,9-12,14,16-17,22H,5-8,13,15H2,1H3,(H,29,33)(H,30,31). The number of ether oxygens (including phenoxy) is 1. The van der Waals surface area contributed by atoms with Gasteiger partial charge in [0.15, 0.2) is 0 Å². The van der Waals surface area contributed by atoms with Gasteiger partial charge in [0, 0.05) is 39.9 Å². The second-order valence-electron chi connectivity index (χ2n) is 9.34. The number of esters is 1. The molecule has 0 saturated heterocycles. The van der Waals surface area contributed by atoms with Crippen molar-refractivity contribution in [2.24, 2.45) is 11.8 Å². The summed E-state index contributed by atoms with van der Waals surface area (Å²) in [5.74, 6) is 2.32. The molecule has 8 heteroatoms. The van der Waals surface area contributed by atoms with E-state index in [1.807, 2.05) is 36.0 Å². The fourth-order valence-electron chi connectivity index (χ4n) is 5.22. The molecule has 3 aromatic rings. The zero-order valence-electron chi connectivity index (χ0n) is 19.6. The number of methoxy groups -OCH3 is 1. The van der Waals surface area contributed by atoms with Crippen LogP contribution >= 0.6 is 23.4 Å². The number of hydrogen-bond acceptors (Lipinski definition) is 5. The molecule has 2 aromatic carbocycles. The molecule has 1 aliphatic heterocycles. The average molecular weight is 510 g/mol. The van der Waals surface area contributed by atoms with Gasteiger partial charge in [0.05, 0.1) is 17.7 Å². The summed E-state index contributed by atoms with van der Waals surface area (Å²) in [4.78, 5) is 25.3. The molecule has 6 nitrogen and oxygen atoms in total. The molecular weight excluding hydrogens is 482 g/mol. The molecule has 35 heavy (non-hydrogen) atoms. The monoisotopic (exact) mass is 509 g/mol. The van der Waals surface area contributed by atoms with Gasteiger partial charge in [0.2, 0.25) is 0 Å². The second-order valence-corrected chi connectivity index (χ2v) is 10.8. The fraction of sp³-hybridized carbons (Fsp3) is 0.370. The number of H-pyrrole nitrogens is 1. The number of thioether (sulfide) groups is 1. The van der Waals surface area contributed by atoms with Gasteiger partial charge in [-0.15, -0.1) is 11.8 Å². The summed E-state index contributed by atoms with van der Waals surface area (Å²) in [5.41, 5.74) is 4.49. The summed E-state index contributed by atoms with van der Waals surface area (Å²) in [6, 6.07) is 14.7. The van der Waals surface area contributed by atoms with Crippen LogP contribution in [-0.2, 0) is 9.53 Å². The van der Waals surface area contributed by atoms with E-state index in [2.05, 4.69) is 15.5 Å². The Morgan fingerprint density at radius 2 is 1.91 bits per heavy atom. The largest absolute Gasteiger partial charge is 0.469 e. The van der Waals surface area contributed by atoms with Crippen LogP contribution in [0.3, 0.4) is 0 Å². The normalized spacial score (nSPS) is 21.4. The summed E-state index contributed by atoms with van der Waals surface area (Å²) in [5, 5.41) is 11.4. The molecule has 0 spiro atoms. The van der Waals surface area contributed by atoms with Crippen molar-refractivity contribution in [2.75, 3.05) is 18.2 Å². The molecule has 1 fully saturated rings. The van der Waals surface area contributed by atoms with Crippen molar-refractivity contribution in [3.8, 4) is 11.3 Å². The number of halogens is 1. The maximum Gasteiger partial charge on any atom is 0.305 e. The van der Waals surface area contributed by atoms with E-state index in [0.29, 0.717) is 34.8 Å². The van der Waals surface area contributed by atoms with Gasteiger partial charge in [-0.05, 0) is 67.9 Å². The Hall–Kier alpha value is -2.77. The molecule has 1 aromatic heterocycles. The minimum atomic E-state index is -0.194. The highest BCUT2D eigenvalue weighted by molar-refractivity contribution is 7.99. The number of hydrogen-bond donors (Lipinski definition) is 2. The Bertz CT molecular complexity index is 1220. The highest BCUT2D eigenvalue weighted by atomic mass is 35.5. The number of rotatable bonds is 6. The summed E-state index contributed by atoms with van der Waals surface area (Å²) >= 11 is 7.87. The summed E-state index contributed by atoms with van der Waals surface area (Å²) in [6.07, 6.45) is 4.99. The SMILES string of the molecule is COC(=O)CC1CCC(C2CSc3c(-c4ccc(NC(=O)c5cccc(Cl)c5)cc4)n[nH]c32)CC1. The number of anilines is 1. The van der Waals surface area contributed by atoms with Crippen molar-refractivity contribution >= 4 is 40.9 Å². The maximum atomic E-state index is 12.5. The van der Waals surface area contributed by atoms with Gasteiger partial charge in [-0.2, -0.15) is 5.10 Å². The number of nitrogens with one attached hydrogen (secondary N) is 2. The number of fused-ring (bicyclic) bond motifs is 1. The van der Waals surface area contributed by atoms with Crippen molar-refractivity contribution in [2.45, 2.75) is 42.9 Å². The lowest BCUT2D eigenvalue weighted by atomic mass is 9.74. The molecule has 182 valence electrons. The summed E-state index contributed by atoms with van der Waals surface area (Å²) in [6.45, 7) is 0. The minimum Gasteiger partial charge on any atom is -0.469 e. The Morgan fingerprint density at radius 3 is 2.63 bits per heavy atom. The lowest BCUT2D eigenvalue weighted by molar-refractivity contribution is -0.142. The first-order valence-electron chi connectivity index (χ1n) is 12.0. The van der Waals surface area contributed by atoms with Crippen LogP contribution in [0.2, 0.25) is 5.02 Å². The van der Waals surface area contributed by atoms with Gasteiger partial charge in [0.1, 0.15) is 5.69 Å². The highest BCUT2D eigenvalue weighted by Gasteiger charge is 2.36. The van der Waals surface area contributed by atoms with Gasteiger partial charge in [-0.3, -0.25) is 14.7 Å². The third-order valence-corrected chi connectivity index (χ3v) is 8.64. The number of benzene rings is 2. The van der Waals surface area contributed by atoms with Crippen LogP contribution in [0.15, 0.2) is 53.4 Å². The van der Waals surface area contributed by atoms with Crippen LogP contribution in [-0.4, -0.2) is 34.9 Å². The first-order valence-corrected chi connectivity index (χ1v) is 13.3. The fourth-order valence-corrected chi connectivity index (χ4v) is 6.85. The summed E-state index contributed by atoms with van der Waals surface area (Å²) in [7, 11) is 1.46. The van der Waals surface area contributed by atoms with Crippen LogP contribution in [0, 0.1) is 11.8 Å². The first-order chi connectivity index (χ1) is 17.0. The van der Waals surface area contributed by atoms with E-state index in [1.165, 1.54) is 17.7 Å². The Morgan fingerprint density at radius 1 is 1.14 bits per heavy atom. The number of aromatic nitrogens is 2. The van der Waals surface area contributed by atoms with Crippen LogP contribution in [0.1, 0.15) is 54.1 Å². The lowest BCUT2D eigenvalue weighted by Crippen LogP contribution is -2.22. The number of carbonyl (C=O) groups is 2. The van der Waals surface area contributed by atoms with Crippen LogP contribution < -0.4 is 5.32 Å². The first kappa shape index (κ1) is 23.9. The van der Waals surface area contributed by atoms with Crippen LogP contribution in [0.25, 0.3) is 11.3 Å². The highest BCUT2D eigenvalue weighted by Crippen LogP contribution is 2.50. The van der Waals surface area contributed by atoms with Crippen LogP contribution in [0.4, 0.5) is 5.69 Å². The molecule has 1 saturated carbocycles. The van der Waals surface area contributed by atoms with E-state index < -0.39 is 0 Å². The van der Waals surface area contributed by atoms with Gasteiger partial charge < -0.3 is 10.1 Å². The Kier molecular flexibility index (Phi) is 7.16. The topological polar surface area (TPSA) is 84.1 Å². The summed E-state index contributed by atoms with van der Waals surface area (Å²) < 4.78 is 4.84. The van der Waals surface area contributed by atoms with Crippen molar-refractivity contribution in [1.29, 1.82) is 0 Å². The molecule has 1 amide bonds. The van der Waals surface area contributed by atoms with E-state index >= 15 is 0 Å². The lowest BCUT2D eigenvalue weighted by Gasteiger charge is -2.31. The maximum absolute atomic E-state index is 12.5. The molecule has 1 atom stereocenters. The molecule has 2 heterocycles. The number of amides is 1. The third kappa shape index (κ3) is 5.26. The molecule has 0 bridgehead atoms. The Balaban J connectivity index is 1.23. The van der Waals surface area contributed by atoms with Gasteiger partial charge in [0.25, 0.3) is 5.91 Å². The molecule has 5 rings (SSSR count). The van der Waals surface area contributed by atoms with E-state index in [1.54, 1.807) is 24.3 Å². The van der Waals surface area contributed by atoms with Crippen molar-refractivity contribution < 1.29 is 14.3 Å². The smallest absolute Gasteiger partial charge is 0.305 e. The predicted octanol–water partition coefficient (Wildman–Crippen LogP) is 6.54. The zero-order chi connectivity index (χ0) is 24.4. The van der Waals surface area contributed by atoms with Gasteiger partial charge in [-0.25, -0.2) is 0 Å². The molecule has 1 aliphatic carbocycles.